The highest BCUT2D eigenvalue weighted by atomic mass is 16.5. The molecule has 3 saturated heterocycles. The molecule has 4 atom stereocenters. The molecule has 0 radical (unpaired) electrons. The van der Waals surface area contributed by atoms with E-state index in [2.05, 4.69) is 84.9 Å². The van der Waals surface area contributed by atoms with E-state index >= 15 is 0 Å². The fourth-order valence-corrected chi connectivity index (χ4v) is 10.5. The number of amides is 3. The van der Waals surface area contributed by atoms with Crippen molar-refractivity contribution in [3.05, 3.63) is 107 Å². The van der Waals surface area contributed by atoms with E-state index < -0.39 is 17.9 Å². The Morgan fingerprint density at radius 2 is 1.71 bits per heavy atom. The molecule has 4 aromatic rings. The zero-order chi connectivity index (χ0) is 39.4. The van der Waals surface area contributed by atoms with E-state index in [4.69, 9.17) is 9.47 Å². The quantitative estimate of drug-likeness (QED) is 0.215. The number of hydrogen-bond donors (Lipinski definition) is 3. The number of ether oxygens (including phenoxy) is 2. The van der Waals surface area contributed by atoms with Crippen LogP contribution in [-0.2, 0) is 9.59 Å². The van der Waals surface area contributed by atoms with Gasteiger partial charge in [0.2, 0.25) is 17.7 Å². The van der Waals surface area contributed by atoms with Crippen molar-refractivity contribution < 1.29 is 29.0 Å². The molecule has 58 heavy (non-hydrogen) atoms. The van der Waals surface area contributed by atoms with Crippen molar-refractivity contribution in [3.63, 3.8) is 0 Å². The summed E-state index contributed by atoms with van der Waals surface area (Å²) in [6.07, 6.45) is 5.57. The SMILES string of the molecule is O=C1CC[C@H](NC(=O)c2ccc3c(n2)OC[C@H]2CN(CC4CCC5(CC4)CN(c4ccc([C@@H]6c7ccc(O)cc7OC[C@@H]6c6ccccc6)cc4)C5)CCN32)C(=O)N1. The maximum atomic E-state index is 12.9. The smallest absolute Gasteiger partial charge is 0.270 e. The van der Waals surface area contributed by atoms with Crippen LogP contribution in [-0.4, -0.2) is 97.3 Å². The summed E-state index contributed by atoms with van der Waals surface area (Å²) in [4.78, 5) is 48.6. The zero-order valence-electron chi connectivity index (χ0n) is 32.6. The molecule has 6 heterocycles. The number of pyridine rings is 1. The maximum Gasteiger partial charge on any atom is 0.270 e. The van der Waals surface area contributed by atoms with Gasteiger partial charge in [0.25, 0.3) is 5.91 Å². The number of nitrogens with zero attached hydrogens (tertiary/aromatic N) is 4. The Morgan fingerprint density at radius 1 is 0.897 bits per heavy atom. The number of benzene rings is 3. The van der Waals surface area contributed by atoms with E-state index in [-0.39, 0.29) is 48.1 Å². The van der Waals surface area contributed by atoms with Crippen LogP contribution in [0, 0.1) is 11.3 Å². The third-order valence-corrected chi connectivity index (χ3v) is 13.6. The van der Waals surface area contributed by atoms with Gasteiger partial charge < -0.3 is 29.7 Å². The number of piperazine rings is 1. The number of fused-ring (bicyclic) bond motifs is 4. The molecule has 3 amide bonds. The van der Waals surface area contributed by atoms with Crippen molar-refractivity contribution in [2.24, 2.45) is 11.3 Å². The summed E-state index contributed by atoms with van der Waals surface area (Å²) in [5.41, 5.74) is 6.46. The summed E-state index contributed by atoms with van der Waals surface area (Å²) in [5.74, 6) is 1.22. The molecule has 6 aliphatic rings. The van der Waals surface area contributed by atoms with Gasteiger partial charge in [0.1, 0.15) is 35.5 Å². The van der Waals surface area contributed by atoms with Gasteiger partial charge in [-0.3, -0.25) is 24.6 Å². The topological polar surface area (TPSA) is 137 Å². The molecule has 3 aromatic carbocycles. The molecule has 5 aliphatic heterocycles. The van der Waals surface area contributed by atoms with Crippen molar-refractivity contribution >= 4 is 29.1 Å². The van der Waals surface area contributed by atoms with Crippen LogP contribution >= 0.6 is 0 Å². The highest BCUT2D eigenvalue weighted by molar-refractivity contribution is 6.03. The predicted molar refractivity (Wildman–Crippen MR) is 219 cm³/mol. The first-order valence-corrected chi connectivity index (χ1v) is 20.9. The number of piperidine rings is 1. The summed E-state index contributed by atoms with van der Waals surface area (Å²) < 4.78 is 12.3. The normalized spacial score (nSPS) is 25.3. The fourth-order valence-electron chi connectivity index (χ4n) is 10.5. The first kappa shape index (κ1) is 36.7. The lowest BCUT2D eigenvalue weighted by Crippen LogP contribution is -2.59. The molecule has 1 aromatic heterocycles. The van der Waals surface area contributed by atoms with E-state index in [0.717, 1.165) is 56.3 Å². The molecule has 12 heteroatoms. The first-order valence-electron chi connectivity index (χ1n) is 20.9. The molecule has 1 spiro atoms. The standard InChI is InChI=1S/C46H50N6O6/c53-34-10-11-35-40(22-34)57-26-36(30-4-2-1-3-5-30)42(35)31-6-8-32(9-7-31)51-27-46(28-51)18-16-29(17-19-46)23-50-20-21-52-33(24-50)25-58-45-39(52)14-12-38(48-45)43(55)47-37-13-15-41(54)49-44(37)56/h1-12,14,22,29,33,36-37,42,53H,13,15-21,23-28H2,(H,47,55)(H,49,54,56)/t33-,36-,37+,42-/m1/s1. The largest absolute Gasteiger partial charge is 0.508 e. The second kappa shape index (κ2) is 15.0. The van der Waals surface area contributed by atoms with Gasteiger partial charge in [0, 0.05) is 80.3 Å². The van der Waals surface area contributed by atoms with E-state index in [9.17, 15) is 19.5 Å². The van der Waals surface area contributed by atoms with Gasteiger partial charge in [-0.1, -0.05) is 48.5 Å². The number of aromatic hydroxyl groups is 1. The first-order chi connectivity index (χ1) is 28.3. The van der Waals surface area contributed by atoms with Gasteiger partial charge in [-0.2, -0.15) is 0 Å². The molecule has 300 valence electrons. The summed E-state index contributed by atoms with van der Waals surface area (Å²) in [5, 5.41) is 15.1. The lowest BCUT2D eigenvalue weighted by Gasteiger charge is -2.55. The Labute approximate surface area is 338 Å². The molecule has 4 fully saturated rings. The second-order valence-corrected chi connectivity index (χ2v) is 17.3. The van der Waals surface area contributed by atoms with E-state index in [0.29, 0.717) is 30.4 Å². The van der Waals surface area contributed by atoms with Gasteiger partial charge in [0.05, 0.1) is 12.6 Å². The summed E-state index contributed by atoms with van der Waals surface area (Å²) in [7, 11) is 0. The Balaban J connectivity index is 0.712. The van der Waals surface area contributed by atoms with Gasteiger partial charge in [0.15, 0.2) is 0 Å². The van der Waals surface area contributed by atoms with Crippen LogP contribution in [0.3, 0.4) is 0 Å². The number of anilines is 2. The van der Waals surface area contributed by atoms with Gasteiger partial charge in [-0.25, -0.2) is 4.98 Å². The lowest BCUT2D eigenvalue weighted by atomic mass is 9.65. The van der Waals surface area contributed by atoms with Crippen molar-refractivity contribution in [1.82, 2.24) is 20.5 Å². The minimum atomic E-state index is -0.751. The van der Waals surface area contributed by atoms with Crippen molar-refractivity contribution in [1.29, 1.82) is 0 Å². The van der Waals surface area contributed by atoms with Crippen LogP contribution in [0.25, 0.3) is 0 Å². The van der Waals surface area contributed by atoms with E-state index in [1.807, 2.05) is 12.1 Å². The number of phenolic OH excluding ortho intramolecular Hbond substituents is 1. The average molecular weight is 783 g/mol. The highest BCUT2D eigenvalue weighted by Crippen LogP contribution is 2.50. The van der Waals surface area contributed by atoms with Gasteiger partial charge in [-0.05, 0) is 79.5 Å². The lowest BCUT2D eigenvalue weighted by molar-refractivity contribution is -0.134. The third kappa shape index (κ3) is 7.01. The molecule has 12 nitrogen and oxygen atoms in total. The van der Waals surface area contributed by atoms with Gasteiger partial charge >= 0.3 is 0 Å². The molecule has 1 saturated carbocycles. The summed E-state index contributed by atoms with van der Waals surface area (Å²) in [6.45, 7) is 7.25. The Bertz CT molecular complexity index is 2200. The van der Waals surface area contributed by atoms with Crippen molar-refractivity contribution in [2.75, 3.05) is 62.3 Å². The van der Waals surface area contributed by atoms with Gasteiger partial charge in [-0.15, -0.1) is 0 Å². The van der Waals surface area contributed by atoms with Crippen LogP contribution in [0.4, 0.5) is 11.4 Å². The average Bonchev–Trinajstić information content (AvgIpc) is 3.23. The second-order valence-electron chi connectivity index (χ2n) is 17.3. The minimum Gasteiger partial charge on any atom is -0.508 e. The number of hydrogen-bond acceptors (Lipinski definition) is 10. The number of nitrogens with one attached hydrogen (secondary N) is 2. The number of carbonyl (C=O) groups excluding carboxylic acids is 3. The number of aromatic nitrogens is 1. The monoisotopic (exact) mass is 782 g/mol. The minimum absolute atomic E-state index is 0.142. The molecule has 3 N–H and O–H groups in total. The van der Waals surface area contributed by atoms with E-state index in [1.165, 1.54) is 42.5 Å². The number of carbonyl (C=O) groups is 3. The fraction of sp³-hybridized carbons (Fsp3) is 0.435. The van der Waals surface area contributed by atoms with Crippen molar-refractivity contribution in [2.45, 2.75) is 62.4 Å². The van der Waals surface area contributed by atoms with Crippen LogP contribution < -0.4 is 29.9 Å². The molecular weight excluding hydrogens is 733 g/mol. The Morgan fingerprint density at radius 3 is 2.50 bits per heavy atom. The van der Waals surface area contributed by atoms with Crippen LogP contribution in [0.1, 0.15) is 77.5 Å². The molecule has 1 aliphatic carbocycles. The predicted octanol–water partition coefficient (Wildman–Crippen LogP) is 5.21. The third-order valence-electron chi connectivity index (χ3n) is 13.6. The molecule has 0 bridgehead atoms. The molecule has 0 unspecified atom stereocenters. The van der Waals surface area contributed by atoms with Crippen LogP contribution in [0.2, 0.25) is 0 Å². The van der Waals surface area contributed by atoms with Crippen molar-refractivity contribution in [3.8, 4) is 17.4 Å². The Hall–Kier alpha value is -5.62. The van der Waals surface area contributed by atoms with Crippen LogP contribution in [0.5, 0.6) is 17.4 Å². The maximum absolute atomic E-state index is 12.9. The summed E-state index contributed by atoms with van der Waals surface area (Å²) in [6, 6.07) is 28.4. The highest BCUT2D eigenvalue weighted by Gasteiger charge is 2.46. The Kier molecular flexibility index (Phi) is 9.46. The molecule has 10 rings (SSSR count). The summed E-state index contributed by atoms with van der Waals surface area (Å²) >= 11 is 0. The number of phenols is 1. The molecular formula is C46H50N6O6. The van der Waals surface area contributed by atoms with E-state index in [1.54, 1.807) is 18.2 Å². The number of rotatable bonds is 7. The number of imide groups is 1. The van der Waals surface area contributed by atoms with Crippen LogP contribution in [0.15, 0.2) is 84.9 Å². The zero-order valence-corrected chi connectivity index (χ0v) is 32.6.